The monoisotopic (exact) mass is 559 g/mol. The van der Waals surface area contributed by atoms with Crippen LogP contribution in [0, 0.1) is 6.92 Å². The SMILES string of the molecule is CCc1c(-c2nc(C)co2)cn(-c2cccc(C(F)(F)F)c2)c(=O)c1C(=O)NCc1ccc(S(C)(=O)=O)cc1. The lowest BCUT2D eigenvalue weighted by atomic mass is 10.00. The second kappa shape index (κ2) is 10.5. The lowest BCUT2D eigenvalue weighted by Gasteiger charge is -2.17. The van der Waals surface area contributed by atoms with Crippen LogP contribution in [0.5, 0.6) is 0 Å². The number of rotatable bonds is 7. The summed E-state index contributed by atoms with van der Waals surface area (Å²) in [6.45, 7) is 3.38. The van der Waals surface area contributed by atoms with Crippen LogP contribution in [0.15, 0.2) is 75.1 Å². The van der Waals surface area contributed by atoms with Gasteiger partial charge in [-0.2, -0.15) is 13.2 Å². The van der Waals surface area contributed by atoms with Crippen LogP contribution in [0.25, 0.3) is 17.1 Å². The summed E-state index contributed by atoms with van der Waals surface area (Å²) in [4.78, 5) is 31.4. The van der Waals surface area contributed by atoms with Crippen LogP contribution >= 0.6 is 0 Å². The van der Waals surface area contributed by atoms with Gasteiger partial charge in [0.2, 0.25) is 5.89 Å². The van der Waals surface area contributed by atoms with Gasteiger partial charge in [-0.05, 0) is 54.8 Å². The van der Waals surface area contributed by atoms with Crippen LogP contribution in [0.3, 0.4) is 0 Å². The fourth-order valence-electron chi connectivity index (χ4n) is 4.06. The maximum absolute atomic E-state index is 13.6. The summed E-state index contributed by atoms with van der Waals surface area (Å²) in [6, 6.07) is 10.1. The number of amides is 1. The Morgan fingerprint density at radius 1 is 1.13 bits per heavy atom. The predicted molar refractivity (Wildman–Crippen MR) is 137 cm³/mol. The summed E-state index contributed by atoms with van der Waals surface area (Å²) in [7, 11) is -3.40. The van der Waals surface area contributed by atoms with Gasteiger partial charge in [0.1, 0.15) is 11.8 Å². The Morgan fingerprint density at radius 2 is 1.82 bits per heavy atom. The molecule has 0 bridgehead atoms. The Hall–Kier alpha value is -4.19. The second-order valence-corrected chi connectivity index (χ2v) is 10.9. The van der Waals surface area contributed by atoms with Gasteiger partial charge in [0, 0.05) is 24.7 Å². The summed E-state index contributed by atoms with van der Waals surface area (Å²) in [5, 5.41) is 2.65. The summed E-state index contributed by atoms with van der Waals surface area (Å²) in [6.07, 6.45) is -0.634. The van der Waals surface area contributed by atoms with Crippen molar-refractivity contribution in [3.8, 4) is 17.1 Å². The maximum Gasteiger partial charge on any atom is 0.416 e. The van der Waals surface area contributed by atoms with E-state index in [1.807, 2.05) is 0 Å². The lowest BCUT2D eigenvalue weighted by molar-refractivity contribution is -0.137. The van der Waals surface area contributed by atoms with Crippen LogP contribution in [-0.4, -0.2) is 30.1 Å². The van der Waals surface area contributed by atoms with E-state index in [9.17, 15) is 31.2 Å². The van der Waals surface area contributed by atoms with Crippen LogP contribution in [0.2, 0.25) is 0 Å². The van der Waals surface area contributed by atoms with Crippen molar-refractivity contribution in [3.63, 3.8) is 0 Å². The smallest absolute Gasteiger partial charge is 0.416 e. The van der Waals surface area contributed by atoms with E-state index < -0.39 is 33.0 Å². The van der Waals surface area contributed by atoms with Gasteiger partial charge in [-0.25, -0.2) is 13.4 Å². The molecule has 4 aromatic rings. The van der Waals surface area contributed by atoms with Gasteiger partial charge in [-0.15, -0.1) is 0 Å². The average molecular weight is 560 g/mol. The molecule has 0 saturated carbocycles. The first kappa shape index (κ1) is 27.8. The van der Waals surface area contributed by atoms with Crippen molar-refractivity contribution in [3.05, 3.63) is 99.3 Å². The molecular formula is C27H24F3N3O5S. The molecule has 8 nitrogen and oxygen atoms in total. The van der Waals surface area contributed by atoms with E-state index in [1.54, 1.807) is 13.8 Å². The summed E-state index contributed by atoms with van der Waals surface area (Å²) < 4.78 is 70.1. The first-order chi connectivity index (χ1) is 18.3. The molecule has 1 N–H and O–H groups in total. The van der Waals surface area contributed by atoms with Gasteiger partial charge >= 0.3 is 6.18 Å². The summed E-state index contributed by atoms with van der Waals surface area (Å²) >= 11 is 0. The number of benzene rings is 2. The summed E-state index contributed by atoms with van der Waals surface area (Å²) in [5.41, 5.74) is -0.422. The van der Waals surface area contributed by atoms with E-state index in [1.165, 1.54) is 48.9 Å². The average Bonchev–Trinajstić information content (AvgIpc) is 3.32. The Balaban J connectivity index is 1.81. The third-order valence-electron chi connectivity index (χ3n) is 6.00. The molecule has 0 radical (unpaired) electrons. The molecule has 204 valence electrons. The summed E-state index contributed by atoms with van der Waals surface area (Å²) in [5.74, 6) is -0.648. The molecule has 2 aromatic carbocycles. The number of carbonyl (C=O) groups is 1. The molecule has 4 rings (SSSR count). The molecule has 0 aliphatic rings. The van der Waals surface area contributed by atoms with E-state index in [-0.39, 0.29) is 40.6 Å². The molecular weight excluding hydrogens is 535 g/mol. The number of pyridine rings is 1. The predicted octanol–water partition coefficient (Wildman–Crippen LogP) is 4.72. The molecule has 0 spiro atoms. The molecule has 0 saturated heterocycles. The zero-order valence-corrected chi connectivity index (χ0v) is 22.0. The Morgan fingerprint density at radius 3 is 2.38 bits per heavy atom. The van der Waals surface area contributed by atoms with E-state index in [2.05, 4.69) is 10.3 Å². The number of carbonyl (C=O) groups excluding carboxylic acids is 1. The standard InChI is InChI=1S/C27H24F3N3O5S/c1-4-21-22(25-32-16(2)15-38-25)14-33(19-7-5-6-18(12-19)27(28,29)30)26(35)23(21)24(34)31-13-17-8-10-20(11-9-17)39(3,36)37/h5-12,14-15H,4,13H2,1-3H3,(H,31,34). The number of hydrogen-bond acceptors (Lipinski definition) is 6. The molecule has 0 unspecified atom stereocenters. The highest BCUT2D eigenvalue weighted by atomic mass is 32.2. The zero-order valence-electron chi connectivity index (χ0n) is 21.2. The fraction of sp³-hybridized carbons (Fsp3) is 0.222. The lowest BCUT2D eigenvalue weighted by Crippen LogP contribution is -2.34. The zero-order chi connectivity index (χ0) is 28.5. The van der Waals surface area contributed by atoms with Crippen molar-refractivity contribution >= 4 is 15.7 Å². The van der Waals surface area contributed by atoms with Crippen molar-refractivity contribution in [1.82, 2.24) is 14.9 Å². The van der Waals surface area contributed by atoms with Gasteiger partial charge in [0.15, 0.2) is 9.84 Å². The first-order valence-electron chi connectivity index (χ1n) is 11.8. The minimum absolute atomic E-state index is 0.0304. The van der Waals surface area contributed by atoms with Crippen molar-refractivity contribution < 1.29 is 30.8 Å². The number of halogens is 3. The number of sulfone groups is 1. The number of nitrogens with one attached hydrogen (secondary N) is 1. The third-order valence-corrected chi connectivity index (χ3v) is 7.13. The molecule has 39 heavy (non-hydrogen) atoms. The molecule has 2 heterocycles. The largest absolute Gasteiger partial charge is 0.444 e. The normalized spacial score (nSPS) is 11.9. The van der Waals surface area contributed by atoms with Crippen molar-refractivity contribution in [2.75, 3.05) is 6.26 Å². The van der Waals surface area contributed by atoms with Gasteiger partial charge in [-0.1, -0.05) is 25.1 Å². The topological polar surface area (TPSA) is 111 Å². The van der Waals surface area contributed by atoms with Crippen LogP contribution in [0.4, 0.5) is 13.2 Å². The third kappa shape index (κ3) is 5.95. The minimum Gasteiger partial charge on any atom is -0.444 e. The number of hydrogen-bond donors (Lipinski definition) is 1. The molecule has 12 heteroatoms. The van der Waals surface area contributed by atoms with Gasteiger partial charge in [0.25, 0.3) is 11.5 Å². The van der Waals surface area contributed by atoms with Crippen LogP contribution in [-0.2, 0) is 29.0 Å². The van der Waals surface area contributed by atoms with Crippen LogP contribution in [0.1, 0.15) is 39.7 Å². The fourth-order valence-corrected chi connectivity index (χ4v) is 4.69. The maximum atomic E-state index is 13.6. The molecule has 0 fully saturated rings. The molecule has 0 aliphatic carbocycles. The Labute approximate surface area is 222 Å². The Kier molecular flexibility index (Phi) is 7.51. The number of oxazole rings is 1. The Bertz CT molecular complexity index is 1710. The second-order valence-electron chi connectivity index (χ2n) is 8.87. The van der Waals surface area contributed by atoms with E-state index in [4.69, 9.17) is 4.42 Å². The van der Waals surface area contributed by atoms with Gasteiger partial charge in [-0.3, -0.25) is 14.2 Å². The quantitative estimate of drug-likeness (QED) is 0.351. The number of alkyl halides is 3. The number of aryl methyl sites for hydroxylation is 1. The molecule has 2 aromatic heterocycles. The molecule has 1 amide bonds. The van der Waals surface area contributed by atoms with Crippen LogP contribution < -0.4 is 10.9 Å². The van der Waals surface area contributed by atoms with Gasteiger partial charge < -0.3 is 9.73 Å². The van der Waals surface area contributed by atoms with Crippen molar-refractivity contribution in [2.24, 2.45) is 0 Å². The van der Waals surface area contributed by atoms with Gasteiger partial charge in [0.05, 0.1) is 21.7 Å². The van der Waals surface area contributed by atoms with Crippen molar-refractivity contribution in [1.29, 1.82) is 0 Å². The number of nitrogens with zero attached hydrogens (tertiary/aromatic N) is 2. The highest BCUT2D eigenvalue weighted by Gasteiger charge is 2.31. The van der Waals surface area contributed by atoms with E-state index >= 15 is 0 Å². The molecule has 0 atom stereocenters. The first-order valence-corrected chi connectivity index (χ1v) is 13.6. The van der Waals surface area contributed by atoms with E-state index in [0.29, 0.717) is 16.8 Å². The number of aromatic nitrogens is 2. The highest BCUT2D eigenvalue weighted by Crippen LogP contribution is 2.31. The van der Waals surface area contributed by atoms with Crippen molar-refractivity contribution in [2.45, 2.75) is 37.9 Å². The highest BCUT2D eigenvalue weighted by molar-refractivity contribution is 7.90. The van der Waals surface area contributed by atoms with E-state index in [0.717, 1.165) is 23.0 Å². The minimum atomic E-state index is -4.64. The molecule has 0 aliphatic heterocycles.